The van der Waals surface area contributed by atoms with Crippen molar-refractivity contribution in [3.05, 3.63) is 164 Å². The van der Waals surface area contributed by atoms with Crippen molar-refractivity contribution in [2.75, 3.05) is 9.80 Å². The van der Waals surface area contributed by atoms with Gasteiger partial charge in [-0.2, -0.15) is 0 Å². The fourth-order valence-electron chi connectivity index (χ4n) is 8.15. The van der Waals surface area contributed by atoms with Crippen LogP contribution in [0.2, 0.25) is 0 Å². The second-order valence-electron chi connectivity index (χ2n) is 12.9. The molecule has 5 heteroatoms. The minimum absolute atomic E-state index is 0.141. The third-order valence-corrected chi connectivity index (χ3v) is 11.5. The Bertz CT molecular complexity index is 2750. The van der Waals surface area contributed by atoms with Gasteiger partial charge in [-0.3, -0.25) is 0 Å². The summed E-state index contributed by atoms with van der Waals surface area (Å²) in [6, 6.07) is 59.3. The van der Waals surface area contributed by atoms with Crippen molar-refractivity contribution < 1.29 is 4.42 Å². The number of anilines is 6. The summed E-state index contributed by atoms with van der Waals surface area (Å²) in [7, 11) is 0. The van der Waals surface area contributed by atoms with Gasteiger partial charge in [0.05, 0.1) is 5.69 Å². The fourth-order valence-corrected chi connectivity index (χ4v) is 9.47. The molecule has 0 atom stereocenters. The largest absolute Gasteiger partial charge is 0.456 e. The Labute approximate surface area is 288 Å². The molecule has 0 unspecified atom stereocenters. The molecule has 2 aliphatic heterocycles. The SMILES string of the molecule is c1ccc(N2c3cccc4c3B(c3ccccc3N4c3ccc(-c4ccc5oc6ccccc6c5c4)cc3)c3sc4ccccc4c32)cc1. The van der Waals surface area contributed by atoms with Gasteiger partial charge in [-0.25, -0.2) is 0 Å². The summed E-state index contributed by atoms with van der Waals surface area (Å²) in [5, 5.41) is 3.60. The molecule has 49 heavy (non-hydrogen) atoms. The summed E-state index contributed by atoms with van der Waals surface area (Å²) < 4.78 is 8.82. The van der Waals surface area contributed by atoms with E-state index in [1.54, 1.807) is 0 Å². The molecular formula is C44H27BN2OS. The van der Waals surface area contributed by atoms with Crippen LogP contribution in [0.5, 0.6) is 0 Å². The van der Waals surface area contributed by atoms with Crippen LogP contribution < -0.4 is 25.5 Å². The van der Waals surface area contributed by atoms with Crippen molar-refractivity contribution in [2.45, 2.75) is 0 Å². The molecule has 0 aliphatic carbocycles. The number of rotatable bonds is 3. The Hall–Kier alpha value is -6.04. The molecule has 2 aromatic heterocycles. The number of furan rings is 1. The van der Waals surface area contributed by atoms with E-state index in [0.717, 1.165) is 27.6 Å². The van der Waals surface area contributed by atoms with Crippen molar-refractivity contribution in [2.24, 2.45) is 0 Å². The van der Waals surface area contributed by atoms with Crippen LogP contribution in [-0.4, -0.2) is 6.71 Å². The highest BCUT2D eigenvalue weighted by Crippen LogP contribution is 2.47. The van der Waals surface area contributed by atoms with E-state index in [1.165, 1.54) is 65.4 Å². The first kappa shape index (κ1) is 27.0. The maximum atomic E-state index is 6.11. The third-order valence-electron chi connectivity index (χ3n) is 10.3. The Kier molecular flexibility index (Phi) is 5.63. The first-order chi connectivity index (χ1) is 24.3. The molecule has 0 saturated heterocycles. The van der Waals surface area contributed by atoms with Crippen molar-refractivity contribution in [3.8, 4) is 11.1 Å². The lowest BCUT2D eigenvalue weighted by Crippen LogP contribution is -2.60. The Balaban J connectivity index is 1.10. The topological polar surface area (TPSA) is 19.6 Å². The first-order valence-corrected chi connectivity index (χ1v) is 17.5. The van der Waals surface area contributed by atoms with Gasteiger partial charge < -0.3 is 14.2 Å². The van der Waals surface area contributed by atoms with E-state index >= 15 is 0 Å². The predicted octanol–water partition coefficient (Wildman–Crippen LogP) is 10.6. The van der Waals surface area contributed by atoms with Crippen molar-refractivity contribution in [1.29, 1.82) is 0 Å². The number of fused-ring (bicyclic) bond motifs is 9. The van der Waals surface area contributed by atoms with Gasteiger partial charge >= 0.3 is 0 Å². The highest BCUT2D eigenvalue weighted by molar-refractivity contribution is 7.33. The van der Waals surface area contributed by atoms with Crippen LogP contribution in [0.25, 0.3) is 43.2 Å². The zero-order valence-electron chi connectivity index (χ0n) is 26.4. The summed E-state index contributed by atoms with van der Waals surface area (Å²) in [4.78, 5) is 4.96. The van der Waals surface area contributed by atoms with E-state index in [1.807, 2.05) is 23.5 Å². The zero-order chi connectivity index (χ0) is 32.1. The van der Waals surface area contributed by atoms with Gasteiger partial charge in [0, 0.05) is 54.1 Å². The van der Waals surface area contributed by atoms with Crippen LogP contribution in [0.3, 0.4) is 0 Å². The summed E-state index contributed by atoms with van der Waals surface area (Å²) >= 11 is 1.93. The molecule has 11 rings (SSSR count). The van der Waals surface area contributed by atoms with Crippen LogP contribution in [0, 0.1) is 0 Å². The van der Waals surface area contributed by atoms with E-state index in [-0.39, 0.29) is 6.71 Å². The van der Waals surface area contributed by atoms with Crippen LogP contribution in [0.1, 0.15) is 0 Å². The number of nitrogens with zero attached hydrogens (tertiary/aromatic N) is 2. The fraction of sp³-hybridized carbons (Fsp3) is 0. The van der Waals surface area contributed by atoms with Crippen LogP contribution in [0.4, 0.5) is 34.1 Å². The van der Waals surface area contributed by atoms with Crippen molar-refractivity contribution in [3.63, 3.8) is 0 Å². The highest BCUT2D eigenvalue weighted by Gasteiger charge is 2.44. The van der Waals surface area contributed by atoms with Gasteiger partial charge in [-0.15, -0.1) is 11.3 Å². The van der Waals surface area contributed by atoms with Gasteiger partial charge in [-0.05, 0) is 88.8 Å². The predicted molar refractivity (Wildman–Crippen MR) is 209 cm³/mol. The standard InChI is InChI=1S/C44H27BN2OS/c1-2-11-30(12-3-1)47-38-18-10-17-37-42(38)45(44-43(47)33-14-5-9-20-41(33)49-44)35-15-6-7-16-36(35)46(37)31-24-21-28(22-25-31)29-23-26-40-34(27-29)32-13-4-8-19-39(32)48-40/h1-27H. The maximum Gasteiger partial charge on any atom is 0.264 e. The first-order valence-electron chi connectivity index (χ1n) is 16.7. The second-order valence-corrected chi connectivity index (χ2v) is 14.0. The normalized spacial score (nSPS) is 13.2. The van der Waals surface area contributed by atoms with E-state index in [2.05, 4.69) is 161 Å². The zero-order valence-corrected chi connectivity index (χ0v) is 27.2. The lowest BCUT2D eigenvalue weighted by molar-refractivity contribution is 0.669. The van der Waals surface area contributed by atoms with E-state index in [9.17, 15) is 0 Å². The molecule has 0 amide bonds. The molecule has 3 nitrogen and oxygen atoms in total. The Morgan fingerprint density at radius 2 is 1.12 bits per heavy atom. The van der Waals surface area contributed by atoms with Crippen molar-refractivity contribution in [1.82, 2.24) is 0 Å². The lowest BCUT2D eigenvalue weighted by atomic mass is 9.36. The summed E-state index contributed by atoms with van der Waals surface area (Å²) in [6.07, 6.45) is 0. The smallest absolute Gasteiger partial charge is 0.264 e. The van der Waals surface area contributed by atoms with E-state index in [0.29, 0.717) is 0 Å². The minimum Gasteiger partial charge on any atom is -0.456 e. The van der Waals surface area contributed by atoms with Gasteiger partial charge in [0.25, 0.3) is 6.71 Å². The molecule has 0 fully saturated rings. The maximum absolute atomic E-state index is 6.11. The lowest BCUT2D eigenvalue weighted by Gasteiger charge is -2.43. The molecule has 0 N–H and O–H groups in total. The number of hydrogen-bond acceptors (Lipinski definition) is 4. The quantitative estimate of drug-likeness (QED) is 0.179. The highest BCUT2D eigenvalue weighted by atomic mass is 32.1. The Morgan fingerprint density at radius 1 is 0.469 bits per heavy atom. The molecule has 228 valence electrons. The molecule has 9 aromatic rings. The molecule has 0 bridgehead atoms. The van der Waals surface area contributed by atoms with Gasteiger partial charge in [0.15, 0.2) is 0 Å². The second kappa shape index (κ2) is 10.2. The van der Waals surface area contributed by atoms with Crippen LogP contribution in [-0.2, 0) is 0 Å². The van der Waals surface area contributed by atoms with E-state index < -0.39 is 0 Å². The molecule has 2 aliphatic rings. The van der Waals surface area contributed by atoms with Gasteiger partial charge in [-0.1, -0.05) is 97.1 Å². The summed E-state index contributed by atoms with van der Waals surface area (Å²) in [5.74, 6) is 0. The van der Waals surface area contributed by atoms with E-state index in [4.69, 9.17) is 4.42 Å². The van der Waals surface area contributed by atoms with Gasteiger partial charge in [0.1, 0.15) is 11.2 Å². The average Bonchev–Trinajstić information content (AvgIpc) is 3.74. The number of thiophene rings is 1. The summed E-state index contributed by atoms with van der Waals surface area (Å²) in [5.41, 5.74) is 14.2. The Morgan fingerprint density at radius 3 is 2.00 bits per heavy atom. The molecule has 7 aromatic carbocycles. The minimum atomic E-state index is 0.141. The van der Waals surface area contributed by atoms with Gasteiger partial charge in [0.2, 0.25) is 0 Å². The van der Waals surface area contributed by atoms with Crippen LogP contribution in [0.15, 0.2) is 168 Å². The summed E-state index contributed by atoms with van der Waals surface area (Å²) in [6.45, 7) is 0.141. The monoisotopic (exact) mass is 642 g/mol. The molecule has 0 saturated carbocycles. The molecule has 0 spiro atoms. The molecule has 0 radical (unpaired) electrons. The number of benzene rings is 7. The van der Waals surface area contributed by atoms with Crippen LogP contribution >= 0.6 is 11.3 Å². The molecular weight excluding hydrogens is 615 g/mol. The third kappa shape index (κ3) is 3.85. The van der Waals surface area contributed by atoms with Crippen molar-refractivity contribution >= 4 is 99.9 Å². The average molecular weight is 643 g/mol. The molecule has 4 heterocycles. The number of hydrogen-bond donors (Lipinski definition) is 0. The number of para-hydroxylation sites is 3.